The normalized spacial score (nSPS) is 16.9. The van der Waals surface area contributed by atoms with Crippen LogP contribution in [0.3, 0.4) is 0 Å². The number of aromatic nitrogens is 2. The first-order valence-electron chi connectivity index (χ1n) is 10.7. The van der Waals surface area contributed by atoms with E-state index in [2.05, 4.69) is 15.3 Å². The highest BCUT2D eigenvalue weighted by Crippen LogP contribution is 2.30. The van der Waals surface area contributed by atoms with E-state index in [0.29, 0.717) is 25.3 Å². The number of rotatable bonds is 6. The van der Waals surface area contributed by atoms with Crippen molar-refractivity contribution in [2.75, 3.05) is 18.0 Å². The van der Waals surface area contributed by atoms with Gasteiger partial charge in [0.15, 0.2) is 0 Å². The summed E-state index contributed by atoms with van der Waals surface area (Å²) in [7, 11) is 0. The number of ether oxygens (including phenoxy) is 1. The molecule has 2 atom stereocenters. The first-order chi connectivity index (χ1) is 16.2. The first kappa shape index (κ1) is 23.5. The minimum atomic E-state index is -4.49. The maximum absolute atomic E-state index is 13.2. The molecule has 0 bridgehead atoms. The summed E-state index contributed by atoms with van der Waals surface area (Å²) in [5.74, 6) is -0.253. The number of carbonyl (C=O) groups excluding carboxylic acids is 1. The fourth-order valence-corrected chi connectivity index (χ4v) is 3.72. The van der Waals surface area contributed by atoms with E-state index in [1.54, 1.807) is 23.1 Å². The standard InChI is InChI=1S/C24H22F4N4O2/c1-15(30-23(33)17-9-11-29-21(25)13-17)16-5-7-18(8-6-16)34-19-10-12-32(14-19)22-4-2-3-20(31-22)24(26,27)28/h2-9,11,13,15,19H,10,12,14H2,1H3,(H,30,33)/t15-,19+/m0/s1. The average Bonchev–Trinajstić information content (AvgIpc) is 3.27. The fraction of sp³-hybridized carbons (Fsp3) is 0.292. The van der Waals surface area contributed by atoms with Gasteiger partial charge in [-0.1, -0.05) is 18.2 Å². The third kappa shape index (κ3) is 5.62. The van der Waals surface area contributed by atoms with Crippen molar-refractivity contribution in [2.45, 2.75) is 31.7 Å². The van der Waals surface area contributed by atoms with Crippen molar-refractivity contribution >= 4 is 11.7 Å². The molecule has 1 aromatic carbocycles. The minimum absolute atomic E-state index is 0.181. The lowest BCUT2D eigenvalue weighted by Crippen LogP contribution is -2.27. The van der Waals surface area contributed by atoms with Gasteiger partial charge in [-0.25, -0.2) is 9.97 Å². The van der Waals surface area contributed by atoms with Crippen molar-refractivity contribution < 1.29 is 27.1 Å². The molecule has 34 heavy (non-hydrogen) atoms. The summed E-state index contributed by atoms with van der Waals surface area (Å²) in [6.07, 6.45) is -2.80. The number of benzene rings is 1. The van der Waals surface area contributed by atoms with Gasteiger partial charge < -0.3 is 15.0 Å². The number of anilines is 1. The van der Waals surface area contributed by atoms with Gasteiger partial charge in [0, 0.05) is 30.8 Å². The topological polar surface area (TPSA) is 67.3 Å². The molecule has 4 rings (SSSR count). The second-order valence-electron chi connectivity index (χ2n) is 7.98. The second-order valence-corrected chi connectivity index (χ2v) is 7.98. The largest absolute Gasteiger partial charge is 0.489 e. The Bertz CT molecular complexity index is 1150. The summed E-state index contributed by atoms with van der Waals surface area (Å²) in [5.41, 5.74) is 0.0945. The van der Waals surface area contributed by atoms with Crippen molar-refractivity contribution in [3.8, 4) is 5.75 Å². The summed E-state index contributed by atoms with van der Waals surface area (Å²) in [4.78, 5) is 21.2. The van der Waals surface area contributed by atoms with Crippen LogP contribution in [-0.4, -0.2) is 35.1 Å². The smallest absolute Gasteiger partial charge is 0.433 e. The van der Waals surface area contributed by atoms with Gasteiger partial charge in [-0.15, -0.1) is 0 Å². The van der Waals surface area contributed by atoms with Crippen LogP contribution in [0.2, 0.25) is 0 Å². The van der Waals surface area contributed by atoms with Crippen LogP contribution in [-0.2, 0) is 6.18 Å². The Morgan fingerprint density at radius 1 is 1.18 bits per heavy atom. The number of nitrogens with one attached hydrogen (secondary N) is 1. The van der Waals surface area contributed by atoms with E-state index in [0.717, 1.165) is 17.7 Å². The molecule has 1 amide bonds. The third-order valence-electron chi connectivity index (χ3n) is 5.51. The van der Waals surface area contributed by atoms with E-state index < -0.39 is 23.7 Å². The number of hydrogen-bond donors (Lipinski definition) is 1. The number of halogens is 4. The van der Waals surface area contributed by atoms with Crippen molar-refractivity contribution in [3.63, 3.8) is 0 Å². The molecule has 6 nitrogen and oxygen atoms in total. The Balaban J connectivity index is 1.33. The van der Waals surface area contributed by atoms with Crippen molar-refractivity contribution in [1.82, 2.24) is 15.3 Å². The molecule has 10 heteroatoms. The summed E-state index contributed by atoms with van der Waals surface area (Å²) in [5, 5.41) is 2.80. The maximum Gasteiger partial charge on any atom is 0.433 e. The fourth-order valence-electron chi connectivity index (χ4n) is 3.72. The van der Waals surface area contributed by atoms with Crippen LogP contribution in [0.4, 0.5) is 23.4 Å². The Morgan fingerprint density at radius 2 is 1.94 bits per heavy atom. The number of amides is 1. The summed E-state index contributed by atoms with van der Waals surface area (Å²) < 4.78 is 58.0. The van der Waals surface area contributed by atoms with Gasteiger partial charge in [-0.05, 0) is 42.8 Å². The zero-order valence-electron chi connectivity index (χ0n) is 18.2. The average molecular weight is 474 g/mol. The van der Waals surface area contributed by atoms with Gasteiger partial charge in [0.1, 0.15) is 23.4 Å². The molecular formula is C24H22F4N4O2. The third-order valence-corrected chi connectivity index (χ3v) is 5.51. The monoisotopic (exact) mass is 474 g/mol. The van der Waals surface area contributed by atoms with Gasteiger partial charge in [-0.2, -0.15) is 17.6 Å². The molecular weight excluding hydrogens is 452 g/mol. The van der Waals surface area contributed by atoms with Gasteiger partial charge in [0.05, 0.1) is 12.6 Å². The Labute approximate surface area is 193 Å². The van der Waals surface area contributed by atoms with Crippen molar-refractivity contribution in [2.24, 2.45) is 0 Å². The van der Waals surface area contributed by atoms with Crippen LogP contribution in [0.1, 0.15) is 41.0 Å². The molecule has 1 aliphatic heterocycles. The zero-order valence-corrected chi connectivity index (χ0v) is 18.2. The van der Waals surface area contributed by atoms with Crippen LogP contribution < -0.4 is 15.0 Å². The number of pyridine rings is 2. The lowest BCUT2D eigenvalue weighted by molar-refractivity contribution is -0.141. The zero-order chi connectivity index (χ0) is 24.3. The van der Waals surface area contributed by atoms with Gasteiger partial charge in [0.2, 0.25) is 5.95 Å². The molecule has 3 aromatic rings. The Kier molecular flexibility index (Phi) is 6.67. The van der Waals surface area contributed by atoms with Crippen molar-refractivity contribution in [1.29, 1.82) is 0 Å². The lowest BCUT2D eigenvalue weighted by Gasteiger charge is -2.19. The van der Waals surface area contributed by atoms with E-state index >= 15 is 0 Å². The quantitative estimate of drug-likeness (QED) is 0.411. The Morgan fingerprint density at radius 3 is 2.65 bits per heavy atom. The molecule has 0 spiro atoms. The summed E-state index contributed by atoms with van der Waals surface area (Å²) >= 11 is 0. The number of carbonyl (C=O) groups is 1. The molecule has 3 heterocycles. The molecule has 0 unspecified atom stereocenters. The van der Waals surface area contributed by atoms with E-state index in [1.165, 1.54) is 18.3 Å². The molecule has 1 saturated heterocycles. The SMILES string of the molecule is C[C@H](NC(=O)c1ccnc(F)c1)c1ccc(O[C@@H]2CCN(c3cccc(C(F)(F)F)n3)C2)cc1. The molecule has 0 saturated carbocycles. The molecule has 178 valence electrons. The van der Waals surface area contributed by atoms with E-state index in [-0.39, 0.29) is 23.5 Å². The highest BCUT2D eigenvalue weighted by molar-refractivity contribution is 5.94. The lowest BCUT2D eigenvalue weighted by atomic mass is 10.1. The van der Waals surface area contributed by atoms with Gasteiger partial charge >= 0.3 is 6.18 Å². The van der Waals surface area contributed by atoms with Crippen LogP contribution in [0.15, 0.2) is 60.8 Å². The van der Waals surface area contributed by atoms with Crippen LogP contribution >= 0.6 is 0 Å². The molecule has 2 aromatic heterocycles. The highest BCUT2D eigenvalue weighted by atomic mass is 19.4. The van der Waals surface area contributed by atoms with Crippen molar-refractivity contribution in [3.05, 3.63) is 83.6 Å². The predicted octanol–water partition coefficient (Wildman–Crippen LogP) is 4.78. The number of nitrogens with zero attached hydrogens (tertiary/aromatic N) is 3. The van der Waals surface area contributed by atoms with Gasteiger partial charge in [0.25, 0.3) is 5.91 Å². The van der Waals surface area contributed by atoms with Crippen LogP contribution in [0, 0.1) is 5.95 Å². The maximum atomic E-state index is 13.2. The molecule has 1 aliphatic rings. The predicted molar refractivity (Wildman–Crippen MR) is 117 cm³/mol. The van der Waals surface area contributed by atoms with Crippen LogP contribution in [0.5, 0.6) is 5.75 Å². The Hall–Kier alpha value is -3.69. The first-order valence-corrected chi connectivity index (χ1v) is 10.7. The van der Waals surface area contributed by atoms with Crippen LogP contribution in [0.25, 0.3) is 0 Å². The highest BCUT2D eigenvalue weighted by Gasteiger charge is 2.33. The van der Waals surface area contributed by atoms with E-state index in [1.807, 2.05) is 19.1 Å². The van der Waals surface area contributed by atoms with E-state index in [9.17, 15) is 22.4 Å². The number of alkyl halides is 3. The minimum Gasteiger partial charge on any atom is -0.489 e. The molecule has 0 aliphatic carbocycles. The molecule has 1 fully saturated rings. The van der Waals surface area contributed by atoms with Gasteiger partial charge in [-0.3, -0.25) is 4.79 Å². The number of hydrogen-bond acceptors (Lipinski definition) is 5. The summed E-state index contributed by atoms with van der Waals surface area (Å²) in [6.45, 7) is 2.77. The van der Waals surface area contributed by atoms with E-state index in [4.69, 9.17) is 4.74 Å². The second kappa shape index (κ2) is 9.66. The molecule has 1 N–H and O–H groups in total. The summed E-state index contributed by atoms with van der Waals surface area (Å²) in [6, 6.07) is 13.2. The molecule has 0 radical (unpaired) electrons.